The van der Waals surface area contributed by atoms with Gasteiger partial charge in [-0.1, -0.05) is 0 Å². The molecular weight excluding hydrogens is 493 g/mol. The average Bonchev–Trinajstić information content (AvgIpc) is 3.72. The normalized spacial score (nSPS) is 16.9. The first kappa shape index (κ1) is 24.2. The molecule has 0 unspecified atom stereocenters. The highest BCUT2D eigenvalue weighted by Crippen LogP contribution is 2.35. The molecule has 39 heavy (non-hydrogen) atoms. The Morgan fingerprint density at radius 2 is 1.85 bits per heavy atom. The summed E-state index contributed by atoms with van der Waals surface area (Å²) in [6.45, 7) is 5.68. The summed E-state index contributed by atoms with van der Waals surface area (Å²) in [5.41, 5.74) is 6.00. The zero-order valence-corrected chi connectivity index (χ0v) is 21.8. The lowest BCUT2D eigenvalue weighted by Gasteiger charge is -2.22. The summed E-state index contributed by atoms with van der Waals surface area (Å²) in [5.74, 6) is 0.686. The van der Waals surface area contributed by atoms with E-state index in [2.05, 4.69) is 41.4 Å². The van der Waals surface area contributed by atoms with Crippen molar-refractivity contribution in [2.75, 3.05) is 39.3 Å². The second-order valence-electron chi connectivity index (χ2n) is 10.6. The lowest BCUT2D eigenvalue weighted by Crippen LogP contribution is -2.26. The molecule has 2 aliphatic rings. The van der Waals surface area contributed by atoms with Crippen LogP contribution in [0.25, 0.3) is 44.6 Å². The van der Waals surface area contributed by atoms with E-state index in [9.17, 15) is 4.39 Å². The second-order valence-corrected chi connectivity index (χ2v) is 10.6. The van der Waals surface area contributed by atoms with E-state index in [0.29, 0.717) is 29.5 Å². The number of benzene rings is 1. The van der Waals surface area contributed by atoms with E-state index >= 15 is 0 Å². The Labute approximate surface area is 226 Å². The van der Waals surface area contributed by atoms with Crippen molar-refractivity contribution in [3.63, 3.8) is 0 Å². The van der Waals surface area contributed by atoms with Gasteiger partial charge in [-0.25, -0.2) is 9.37 Å². The molecule has 7 rings (SSSR count). The van der Waals surface area contributed by atoms with Crippen LogP contribution < -0.4 is 10.1 Å². The average molecular weight is 526 g/mol. The van der Waals surface area contributed by atoms with Crippen molar-refractivity contribution in [3.8, 4) is 28.4 Å². The van der Waals surface area contributed by atoms with Crippen LogP contribution in [0.1, 0.15) is 37.2 Å². The molecule has 6 heterocycles. The Morgan fingerprint density at radius 3 is 2.72 bits per heavy atom. The largest absolute Gasteiger partial charge is 0.492 e. The molecule has 200 valence electrons. The van der Waals surface area contributed by atoms with Crippen LogP contribution in [0.4, 0.5) is 4.39 Å². The monoisotopic (exact) mass is 525 g/mol. The Balaban J connectivity index is 1.20. The molecule has 2 aliphatic heterocycles. The van der Waals surface area contributed by atoms with Gasteiger partial charge in [0, 0.05) is 46.9 Å². The molecule has 4 aromatic heterocycles. The van der Waals surface area contributed by atoms with Crippen molar-refractivity contribution in [2.45, 2.75) is 31.6 Å². The zero-order chi connectivity index (χ0) is 26.2. The first-order valence-corrected chi connectivity index (χ1v) is 13.9. The van der Waals surface area contributed by atoms with Gasteiger partial charge in [0.2, 0.25) is 0 Å². The van der Waals surface area contributed by atoms with E-state index in [1.807, 2.05) is 24.4 Å². The number of nitrogens with one attached hydrogen (secondary N) is 3. The fourth-order valence-corrected chi connectivity index (χ4v) is 6.00. The highest BCUT2D eigenvalue weighted by molar-refractivity contribution is 5.99. The number of pyridine rings is 2. The van der Waals surface area contributed by atoms with Gasteiger partial charge in [-0.15, -0.1) is 0 Å². The fourth-order valence-electron chi connectivity index (χ4n) is 6.00. The molecule has 3 N–H and O–H groups in total. The maximum Gasteiger partial charge on any atom is 0.155 e. The molecule has 0 spiro atoms. The lowest BCUT2D eigenvalue weighted by atomic mass is 9.91. The van der Waals surface area contributed by atoms with Gasteiger partial charge in [-0.05, 0) is 93.7 Å². The SMILES string of the molecule is Fc1cc(OCCN2CCCC2)cc(-c2nccc3[nH]c(-c4n[nH]c5ncc(C6CCNCC6)cc45)cc23)c1. The fraction of sp³-hybridized carbons (Fsp3) is 0.367. The molecule has 1 aromatic carbocycles. The third-order valence-corrected chi connectivity index (χ3v) is 8.07. The molecule has 0 atom stereocenters. The van der Waals surface area contributed by atoms with E-state index in [0.717, 1.165) is 78.9 Å². The molecule has 0 saturated carbocycles. The topological polar surface area (TPSA) is 94.8 Å². The predicted octanol–water partition coefficient (Wildman–Crippen LogP) is 5.25. The van der Waals surface area contributed by atoms with Gasteiger partial charge >= 0.3 is 0 Å². The molecule has 0 aliphatic carbocycles. The molecular formula is C30H32FN7O. The predicted molar refractivity (Wildman–Crippen MR) is 150 cm³/mol. The number of nitrogens with zero attached hydrogens (tertiary/aromatic N) is 4. The number of aromatic nitrogens is 5. The summed E-state index contributed by atoms with van der Waals surface area (Å²) < 4.78 is 20.6. The first-order valence-electron chi connectivity index (χ1n) is 13.9. The summed E-state index contributed by atoms with van der Waals surface area (Å²) in [6, 6.07) is 11.0. The minimum absolute atomic E-state index is 0.340. The number of hydrogen-bond donors (Lipinski definition) is 3. The number of H-pyrrole nitrogens is 2. The van der Waals surface area contributed by atoms with Crippen LogP contribution in [0, 0.1) is 5.82 Å². The van der Waals surface area contributed by atoms with Crippen LogP contribution in [0.2, 0.25) is 0 Å². The van der Waals surface area contributed by atoms with Crippen LogP contribution in [-0.4, -0.2) is 69.4 Å². The highest BCUT2D eigenvalue weighted by atomic mass is 19.1. The minimum atomic E-state index is -0.340. The van der Waals surface area contributed by atoms with Gasteiger partial charge in [0.05, 0.1) is 11.4 Å². The van der Waals surface area contributed by atoms with E-state index in [1.165, 1.54) is 30.5 Å². The Bertz CT molecular complexity index is 1610. The zero-order valence-electron chi connectivity index (χ0n) is 21.8. The Kier molecular flexibility index (Phi) is 6.46. The van der Waals surface area contributed by atoms with Crippen molar-refractivity contribution in [3.05, 3.63) is 60.2 Å². The standard InChI is InChI=1S/C30H32FN7O/c31-22-13-20(14-23(16-22)39-12-11-38-9-1-2-10-38)28-24-17-27(35-26(24)5-8-33-28)29-25-15-21(18-34-30(25)37-36-29)19-3-6-32-7-4-19/h5,8,13-19,32,35H,1-4,6-7,9-12H2,(H,34,36,37). The number of hydrogen-bond acceptors (Lipinski definition) is 6. The lowest BCUT2D eigenvalue weighted by molar-refractivity contribution is 0.237. The summed E-state index contributed by atoms with van der Waals surface area (Å²) in [4.78, 5) is 15.2. The molecule has 5 aromatic rings. The smallest absolute Gasteiger partial charge is 0.155 e. The van der Waals surface area contributed by atoms with E-state index in [4.69, 9.17) is 4.74 Å². The molecule has 0 amide bonds. The van der Waals surface area contributed by atoms with Crippen molar-refractivity contribution < 1.29 is 9.13 Å². The number of ether oxygens (including phenoxy) is 1. The molecule has 9 heteroatoms. The van der Waals surface area contributed by atoms with E-state index in [-0.39, 0.29) is 5.82 Å². The Hall–Kier alpha value is -3.82. The number of aromatic amines is 2. The second kappa shape index (κ2) is 10.4. The van der Waals surface area contributed by atoms with Gasteiger partial charge in [-0.2, -0.15) is 5.10 Å². The third kappa shape index (κ3) is 4.88. The maximum atomic E-state index is 14.7. The number of piperidine rings is 1. The van der Waals surface area contributed by atoms with Gasteiger partial charge in [0.25, 0.3) is 0 Å². The van der Waals surface area contributed by atoms with Crippen LogP contribution in [-0.2, 0) is 0 Å². The highest BCUT2D eigenvalue weighted by Gasteiger charge is 2.20. The molecule has 8 nitrogen and oxygen atoms in total. The van der Waals surface area contributed by atoms with Crippen LogP contribution >= 0.6 is 0 Å². The molecule has 0 radical (unpaired) electrons. The van der Waals surface area contributed by atoms with Gasteiger partial charge in [0.15, 0.2) is 5.65 Å². The maximum absolute atomic E-state index is 14.7. The van der Waals surface area contributed by atoms with Crippen LogP contribution in [0.15, 0.2) is 48.8 Å². The van der Waals surface area contributed by atoms with E-state index in [1.54, 1.807) is 6.20 Å². The van der Waals surface area contributed by atoms with Gasteiger partial charge in [-0.3, -0.25) is 15.0 Å². The Morgan fingerprint density at radius 1 is 0.974 bits per heavy atom. The summed E-state index contributed by atoms with van der Waals surface area (Å²) in [6.07, 6.45) is 8.42. The van der Waals surface area contributed by atoms with Crippen molar-refractivity contribution in [2.24, 2.45) is 0 Å². The summed E-state index contributed by atoms with van der Waals surface area (Å²) >= 11 is 0. The minimum Gasteiger partial charge on any atom is -0.492 e. The summed E-state index contributed by atoms with van der Waals surface area (Å²) in [5, 5.41) is 13.0. The van der Waals surface area contributed by atoms with Crippen molar-refractivity contribution >= 4 is 21.9 Å². The molecule has 2 fully saturated rings. The van der Waals surface area contributed by atoms with Crippen LogP contribution in [0.5, 0.6) is 5.75 Å². The molecule has 0 bridgehead atoms. The number of fused-ring (bicyclic) bond motifs is 2. The number of likely N-dealkylation sites (tertiary alicyclic amines) is 1. The van der Waals surface area contributed by atoms with Gasteiger partial charge in [0.1, 0.15) is 23.9 Å². The number of halogens is 1. The van der Waals surface area contributed by atoms with Crippen molar-refractivity contribution in [1.29, 1.82) is 0 Å². The number of rotatable bonds is 7. The first-order chi connectivity index (χ1) is 19.2. The van der Waals surface area contributed by atoms with E-state index < -0.39 is 0 Å². The summed E-state index contributed by atoms with van der Waals surface area (Å²) in [7, 11) is 0. The van der Waals surface area contributed by atoms with Crippen molar-refractivity contribution in [1.82, 2.24) is 35.4 Å². The third-order valence-electron chi connectivity index (χ3n) is 8.07. The van der Waals surface area contributed by atoms with Crippen LogP contribution in [0.3, 0.4) is 0 Å². The molecule has 2 saturated heterocycles. The van der Waals surface area contributed by atoms with Gasteiger partial charge < -0.3 is 15.0 Å². The quantitative estimate of drug-likeness (QED) is 0.269.